The third-order valence-electron chi connectivity index (χ3n) is 14.6. The second-order valence-corrected chi connectivity index (χ2v) is 21.7. The summed E-state index contributed by atoms with van der Waals surface area (Å²) in [4.78, 5) is 24.5. The van der Waals surface area contributed by atoms with Gasteiger partial charge in [0.1, 0.15) is 0 Å². The molecule has 0 aliphatic carbocycles. The van der Waals surface area contributed by atoms with Crippen LogP contribution in [0.5, 0.6) is 0 Å². The molecule has 0 fully saturated rings. The lowest BCUT2D eigenvalue weighted by Gasteiger charge is -2.20. The van der Waals surface area contributed by atoms with Gasteiger partial charge >= 0.3 is 5.97 Å². The van der Waals surface area contributed by atoms with E-state index in [2.05, 4.69) is 43.5 Å². The van der Waals surface area contributed by atoms with Gasteiger partial charge < -0.3 is 20.3 Å². The van der Waals surface area contributed by atoms with Gasteiger partial charge in [-0.1, -0.05) is 281 Å². The molecule has 2 unspecified atom stereocenters. The number of ether oxygens (including phenoxy) is 1. The molecule has 0 rings (SSSR count). The minimum Gasteiger partial charge on any atom is -0.466 e. The molecule has 6 nitrogen and oxygen atoms in total. The Balaban J connectivity index is 3.37. The number of carbonyl (C=O) groups is 2. The van der Waals surface area contributed by atoms with Crippen LogP contribution in [0.15, 0.2) is 36.5 Å². The molecule has 0 saturated heterocycles. The number of aliphatic hydroxyl groups excluding tert-OH is 2. The standard InChI is InChI=1S/C65H123NO5/c1-3-5-7-9-11-13-15-16-35-39-43-47-51-55-59-65(70)71-60-56-52-48-44-40-36-33-31-29-27-25-23-21-19-17-18-20-22-24-26-28-30-32-34-38-42-46-50-54-58-64(69)66-62(61-67)63(68)57-53-49-45-41-37-14-12-10-8-6-4-2/h15-17,19,53,57,62-63,67-68H,3-14,18,20-52,54-56,58-61H2,1-2H3,(H,66,69)/b16-15-,19-17-,57-53+. The van der Waals surface area contributed by atoms with Crippen molar-refractivity contribution in [1.29, 1.82) is 0 Å². The number of carbonyl (C=O) groups excluding carboxylic acids is 2. The van der Waals surface area contributed by atoms with E-state index in [-0.39, 0.29) is 18.5 Å². The number of hydrogen-bond donors (Lipinski definition) is 3. The van der Waals surface area contributed by atoms with Gasteiger partial charge in [-0.05, 0) is 83.5 Å². The molecule has 0 aliphatic rings. The maximum absolute atomic E-state index is 12.4. The van der Waals surface area contributed by atoms with E-state index in [1.165, 1.54) is 270 Å². The first-order chi connectivity index (χ1) is 35.0. The average molecular weight is 999 g/mol. The van der Waals surface area contributed by atoms with Gasteiger partial charge in [0.15, 0.2) is 0 Å². The summed E-state index contributed by atoms with van der Waals surface area (Å²) in [6, 6.07) is -0.626. The number of rotatable bonds is 59. The number of amides is 1. The van der Waals surface area contributed by atoms with Gasteiger partial charge in [0.05, 0.1) is 25.4 Å². The van der Waals surface area contributed by atoms with Crippen molar-refractivity contribution in [3.05, 3.63) is 36.5 Å². The third-order valence-corrected chi connectivity index (χ3v) is 14.6. The van der Waals surface area contributed by atoms with Gasteiger partial charge in [-0.3, -0.25) is 9.59 Å². The Morgan fingerprint density at radius 1 is 0.380 bits per heavy atom. The summed E-state index contributed by atoms with van der Waals surface area (Å²) in [6.45, 7) is 4.89. The van der Waals surface area contributed by atoms with Crippen molar-refractivity contribution in [2.24, 2.45) is 0 Å². The summed E-state index contributed by atoms with van der Waals surface area (Å²) in [5.74, 6) is -0.0603. The number of allylic oxidation sites excluding steroid dienone is 5. The van der Waals surface area contributed by atoms with E-state index >= 15 is 0 Å². The summed E-state index contributed by atoms with van der Waals surface area (Å²) in [5, 5.41) is 23.0. The lowest BCUT2D eigenvalue weighted by Crippen LogP contribution is -2.45. The van der Waals surface area contributed by atoms with E-state index in [4.69, 9.17) is 4.74 Å². The number of hydrogen-bond acceptors (Lipinski definition) is 5. The van der Waals surface area contributed by atoms with Crippen molar-refractivity contribution in [2.75, 3.05) is 13.2 Å². The summed E-state index contributed by atoms with van der Waals surface area (Å²) in [7, 11) is 0. The van der Waals surface area contributed by atoms with Gasteiger partial charge in [-0.15, -0.1) is 0 Å². The van der Waals surface area contributed by atoms with E-state index in [9.17, 15) is 19.8 Å². The molecule has 0 aromatic carbocycles. The SMILES string of the molecule is CCCCCCC/C=C\CCCCCCCC(=O)OCCCCCCCCCCCCCC/C=C\CCCCCCCCCCCCCCCC(=O)NC(CO)C(O)/C=C/CCCCCCCCCCC. The smallest absolute Gasteiger partial charge is 0.305 e. The zero-order chi connectivity index (χ0) is 51.4. The van der Waals surface area contributed by atoms with Crippen LogP contribution in [0.1, 0.15) is 341 Å². The molecule has 0 aliphatic heterocycles. The van der Waals surface area contributed by atoms with Crippen LogP contribution >= 0.6 is 0 Å². The highest BCUT2D eigenvalue weighted by Crippen LogP contribution is 2.17. The molecule has 0 aromatic heterocycles. The topological polar surface area (TPSA) is 95.9 Å². The summed E-state index contributed by atoms with van der Waals surface area (Å²) < 4.78 is 5.48. The van der Waals surface area contributed by atoms with E-state index in [1.807, 2.05) is 6.08 Å². The van der Waals surface area contributed by atoms with Gasteiger partial charge in [-0.25, -0.2) is 0 Å². The van der Waals surface area contributed by atoms with E-state index in [1.54, 1.807) is 6.08 Å². The molecule has 0 bridgehead atoms. The molecule has 3 N–H and O–H groups in total. The first kappa shape index (κ1) is 69.1. The van der Waals surface area contributed by atoms with Crippen molar-refractivity contribution in [1.82, 2.24) is 5.32 Å². The molecule has 6 heteroatoms. The van der Waals surface area contributed by atoms with Gasteiger partial charge in [0, 0.05) is 12.8 Å². The van der Waals surface area contributed by atoms with Crippen LogP contribution in [0.2, 0.25) is 0 Å². The Labute approximate surface area is 443 Å². The highest BCUT2D eigenvalue weighted by Gasteiger charge is 2.18. The second-order valence-electron chi connectivity index (χ2n) is 21.7. The van der Waals surface area contributed by atoms with Gasteiger partial charge in [0.25, 0.3) is 0 Å². The number of nitrogens with one attached hydrogen (secondary N) is 1. The Kier molecular flexibility index (Phi) is 59.0. The highest BCUT2D eigenvalue weighted by atomic mass is 16.5. The molecule has 1 amide bonds. The van der Waals surface area contributed by atoms with Crippen LogP contribution in [-0.2, 0) is 14.3 Å². The number of aliphatic hydroxyl groups is 2. The molecule has 418 valence electrons. The minimum atomic E-state index is -0.842. The third kappa shape index (κ3) is 57.2. The zero-order valence-corrected chi connectivity index (χ0v) is 47.7. The minimum absolute atomic E-state index is 0.00749. The largest absolute Gasteiger partial charge is 0.466 e. The van der Waals surface area contributed by atoms with Crippen LogP contribution in [0.3, 0.4) is 0 Å². The van der Waals surface area contributed by atoms with Crippen molar-refractivity contribution in [3.8, 4) is 0 Å². The van der Waals surface area contributed by atoms with Crippen LogP contribution in [0, 0.1) is 0 Å². The number of unbranched alkanes of at least 4 members (excludes halogenated alkanes) is 44. The molecule has 71 heavy (non-hydrogen) atoms. The van der Waals surface area contributed by atoms with Crippen molar-refractivity contribution in [2.45, 2.75) is 353 Å². The Morgan fingerprint density at radius 2 is 0.662 bits per heavy atom. The molecule has 0 aromatic rings. The predicted molar refractivity (Wildman–Crippen MR) is 310 cm³/mol. The number of esters is 1. The maximum atomic E-state index is 12.4. The van der Waals surface area contributed by atoms with Crippen LogP contribution in [-0.4, -0.2) is 47.4 Å². The molecule has 0 radical (unpaired) electrons. The van der Waals surface area contributed by atoms with Crippen LogP contribution in [0.4, 0.5) is 0 Å². The zero-order valence-electron chi connectivity index (χ0n) is 47.7. The van der Waals surface area contributed by atoms with Crippen molar-refractivity contribution >= 4 is 11.9 Å². The first-order valence-corrected chi connectivity index (χ1v) is 31.8. The Bertz CT molecular complexity index is 1150. The monoisotopic (exact) mass is 998 g/mol. The molecular formula is C65H123NO5. The summed E-state index contributed by atoms with van der Waals surface area (Å²) >= 11 is 0. The first-order valence-electron chi connectivity index (χ1n) is 31.8. The van der Waals surface area contributed by atoms with Crippen molar-refractivity contribution in [3.63, 3.8) is 0 Å². The molecule has 0 spiro atoms. The molecular weight excluding hydrogens is 875 g/mol. The van der Waals surface area contributed by atoms with E-state index < -0.39 is 12.1 Å². The fraction of sp³-hybridized carbons (Fsp3) is 0.877. The Hall–Kier alpha value is -1.92. The summed E-state index contributed by atoms with van der Waals surface area (Å²) in [6.07, 6.45) is 76.3. The van der Waals surface area contributed by atoms with Crippen LogP contribution in [0.25, 0.3) is 0 Å². The molecule has 2 atom stereocenters. The fourth-order valence-electron chi connectivity index (χ4n) is 9.74. The Morgan fingerprint density at radius 3 is 1.00 bits per heavy atom. The average Bonchev–Trinajstić information content (AvgIpc) is 3.37. The van der Waals surface area contributed by atoms with E-state index in [0.29, 0.717) is 19.4 Å². The highest BCUT2D eigenvalue weighted by molar-refractivity contribution is 5.76. The fourth-order valence-corrected chi connectivity index (χ4v) is 9.74. The maximum Gasteiger partial charge on any atom is 0.305 e. The quantitative estimate of drug-likeness (QED) is 0.0321. The molecule has 0 saturated carbocycles. The summed E-state index contributed by atoms with van der Waals surface area (Å²) in [5.41, 5.74) is 0. The van der Waals surface area contributed by atoms with Crippen molar-refractivity contribution < 1.29 is 24.5 Å². The van der Waals surface area contributed by atoms with Gasteiger partial charge in [0.2, 0.25) is 5.91 Å². The second kappa shape index (κ2) is 60.6. The lowest BCUT2D eigenvalue weighted by atomic mass is 10.0. The van der Waals surface area contributed by atoms with Gasteiger partial charge in [-0.2, -0.15) is 0 Å². The normalized spacial score (nSPS) is 12.8. The van der Waals surface area contributed by atoms with Crippen LogP contribution < -0.4 is 5.32 Å². The van der Waals surface area contributed by atoms with E-state index in [0.717, 1.165) is 44.9 Å². The molecule has 0 heterocycles. The predicted octanol–water partition coefficient (Wildman–Crippen LogP) is 20.0. The lowest BCUT2D eigenvalue weighted by molar-refractivity contribution is -0.143.